The quantitative estimate of drug-likeness (QED) is 0.0973. The molecule has 4 aliphatic carbocycles. The first-order valence-corrected chi connectivity index (χ1v) is 22.0. The summed E-state index contributed by atoms with van der Waals surface area (Å²) in [4.78, 5) is 6.62. The van der Waals surface area contributed by atoms with E-state index in [2.05, 4.69) is 48.2 Å². The van der Waals surface area contributed by atoms with Crippen molar-refractivity contribution in [1.29, 1.82) is 0 Å². The highest BCUT2D eigenvalue weighted by molar-refractivity contribution is 7.80. The Kier molecular flexibility index (Phi) is 16.0. The van der Waals surface area contributed by atoms with E-state index in [-0.39, 0.29) is 17.4 Å². The summed E-state index contributed by atoms with van der Waals surface area (Å²) in [7, 11) is -2.43. The molecule has 4 fully saturated rings. The van der Waals surface area contributed by atoms with Crippen molar-refractivity contribution in [2.75, 3.05) is 46.3 Å². The van der Waals surface area contributed by atoms with Crippen LogP contribution in [0.15, 0.2) is 4.99 Å². The summed E-state index contributed by atoms with van der Waals surface area (Å²) in [6.07, 6.45) is 17.8. The summed E-state index contributed by atoms with van der Waals surface area (Å²) in [6, 6.07) is 0. The molecule has 0 radical (unpaired) electrons. The van der Waals surface area contributed by atoms with Gasteiger partial charge in [-0.1, -0.05) is 48.0 Å². The minimum Gasteiger partial charge on any atom is -0.393 e. The molecule has 292 valence electrons. The van der Waals surface area contributed by atoms with E-state index in [1.54, 1.807) is 0 Å². The van der Waals surface area contributed by atoms with E-state index >= 15 is 0 Å². The van der Waals surface area contributed by atoms with Crippen LogP contribution < -0.4 is 10.6 Å². The second-order valence-electron chi connectivity index (χ2n) is 18.1. The number of nitrogens with zero attached hydrogens (tertiary/aromatic N) is 2. The van der Waals surface area contributed by atoms with Crippen LogP contribution in [-0.2, 0) is 14.6 Å². The number of fused-ring (bicyclic) bond motifs is 5. The summed E-state index contributed by atoms with van der Waals surface area (Å²) in [5, 5.41) is 18.1. The molecule has 50 heavy (non-hydrogen) atoms. The predicted molar refractivity (Wildman–Crippen MR) is 206 cm³/mol. The first kappa shape index (κ1) is 42.0. The van der Waals surface area contributed by atoms with E-state index in [1.165, 1.54) is 83.7 Å². The highest BCUT2D eigenvalue weighted by Gasteiger charge is 2.62. The molecule has 0 aromatic heterocycles. The normalized spacial score (nSPS) is 36.6. The average molecular weight is 725 g/mol. The fourth-order valence-corrected chi connectivity index (χ4v) is 12.2. The first-order chi connectivity index (χ1) is 23.7. The number of hydrogen-bond acceptors (Lipinski definition) is 8. The van der Waals surface area contributed by atoms with Gasteiger partial charge in [-0.3, -0.25) is 9.55 Å². The lowest BCUT2D eigenvalue weighted by atomic mass is 9.43. The molecule has 5 aliphatic rings. The van der Waals surface area contributed by atoms with E-state index in [9.17, 15) is 18.1 Å². The maximum absolute atomic E-state index is 11.5. The van der Waals surface area contributed by atoms with Gasteiger partial charge < -0.3 is 20.6 Å². The topological polar surface area (TPSA) is 123 Å². The Morgan fingerprint density at radius 3 is 2.36 bits per heavy atom. The molecule has 11 atom stereocenters. The highest BCUT2D eigenvalue weighted by Crippen LogP contribution is 2.68. The van der Waals surface area contributed by atoms with Crippen molar-refractivity contribution >= 4 is 16.7 Å². The van der Waals surface area contributed by atoms with Gasteiger partial charge in [0.25, 0.3) is 0 Å². The van der Waals surface area contributed by atoms with Crippen LogP contribution >= 0.6 is 0 Å². The Labute approximate surface area is 306 Å². The summed E-state index contributed by atoms with van der Waals surface area (Å²) in [5.74, 6) is 4.28. The van der Waals surface area contributed by atoms with E-state index in [0.717, 1.165) is 44.9 Å². The molecule has 5 rings (SSSR count). The Morgan fingerprint density at radius 2 is 1.68 bits per heavy atom. The summed E-state index contributed by atoms with van der Waals surface area (Å²) in [5.41, 5.74) is 0.656. The van der Waals surface area contributed by atoms with Crippen LogP contribution in [-0.4, -0.2) is 87.8 Å². The number of rotatable bonds is 16. The van der Waals surface area contributed by atoms with Crippen molar-refractivity contribution < 1.29 is 22.3 Å². The van der Waals surface area contributed by atoms with Gasteiger partial charge in [-0.15, -0.1) is 0 Å². The van der Waals surface area contributed by atoms with Gasteiger partial charge in [0.15, 0.2) is 0 Å². The van der Waals surface area contributed by atoms with Crippen LogP contribution in [0.25, 0.3) is 0 Å². The standard InChI is InChI=1S/C28H50O5S.C12H26N4/c1-17(2)25(33-34(30,31)32)10-7-19(4)21-8-9-22-26-23(12-14-28(21,22)6)27(5)13-11-18(3)15-20(27)16-24(26)29;1-13-6-4-8-14-7-2-3-10-16-11-5-9-15-12-16/h17-26,29H,7-16H2,1-6H3,(H,30,31,32);12-14H,2-11H2,1H3/t18-,19+,20+,21+,22?,23?,24+,25+,26?,27-,28+;/m0./s1. The molecule has 0 saturated heterocycles. The number of hydrogen-bond donors (Lipinski definition) is 4. The van der Waals surface area contributed by atoms with Crippen molar-refractivity contribution in [1.82, 2.24) is 15.5 Å². The summed E-state index contributed by atoms with van der Waals surface area (Å²) < 4.78 is 36.8. The predicted octanol–water partition coefficient (Wildman–Crippen LogP) is 7.21. The van der Waals surface area contributed by atoms with E-state index in [0.29, 0.717) is 47.3 Å². The molecule has 0 aromatic rings. The maximum atomic E-state index is 11.5. The van der Waals surface area contributed by atoms with E-state index < -0.39 is 16.5 Å². The zero-order valence-electron chi connectivity index (χ0n) is 32.9. The van der Waals surface area contributed by atoms with Crippen LogP contribution in [0.4, 0.5) is 0 Å². The van der Waals surface area contributed by atoms with Crippen LogP contribution in [0.2, 0.25) is 0 Å². The number of aliphatic hydroxyl groups is 1. The van der Waals surface area contributed by atoms with Crippen molar-refractivity contribution in [3.05, 3.63) is 0 Å². The Bertz CT molecular complexity index is 1150. The van der Waals surface area contributed by atoms with Gasteiger partial charge in [0.2, 0.25) is 0 Å². The van der Waals surface area contributed by atoms with Gasteiger partial charge in [-0.05, 0) is 168 Å². The molecular weight excluding hydrogens is 649 g/mol. The Morgan fingerprint density at radius 1 is 0.960 bits per heavy atom. The average Bonchev–Trinajstić information content (AvgIpc) is 3.42. The largest absolute Gasteiger partial charge is 0.397 e. The van der Waals surface area contributed by atoms with Gasteiger partial charge in [-0.25, -0.2) is 4.18 Å². The van der Waals surface area contributed by atoms with Gasteiger partial charge in [0.05, 0.1) is 18.5 Å². The van der Waals surface area contributed by atoms with Crippen LogP contribution in [0.5, 0.6) is 0 Å². The zero-order chi connectivity index (χ0) is 36.5. The van der Waals surface area contributed by atoms with Crippen LogP contribution in [0, 0.1) is 58.2 Å². The smallest absolute Gasteiger partial charge is 0.393 e. The first-order valence-electron chi connectivity index (χ1n) is 20.6. The Balaban J connectivity index is 0.000000295. The third kappa shape index (κ3) is 10.9. The molecular formula is C40H76N4O5S. The van der Waals surface area contributed by atoms with Crippen molar-refractivity contribution in [3.63, 3.8) is 0 Å². The van der Waals surface area contributed by atoms with Gasteiger partial charge in [0.1, 0.15) is 0 Å². The monoisotopic (exact) mass is 725 g/mol. The second-order valence-corrected chi connectivity index (χ2v) is 19.1. The molecule has 0 spiro atoms. The molecule has 0 amide bonds. The fourth-order valence-electron chi connectivity index (χ4n) is 11.5. The maximum Gasteiger partial charge on any atom is 0.397 e. The third-order valence-corrected chi connectivity index (χ3v) is 14.9. The van der Waals surface area contributed by atoms with E-state index in [4.69, 9.17) is 4.18 Å². The molecule has 1 aliphatic heterocycles. The Hall–Kier alpha value is -0.780. The molecule has 4 N–H and O–H groups in total. The minimum absolute atomic E-state index is 0.0285. The molecule has 3 unspecified atom stereocenters. The lowest BCUT2D eigenvalue weighted by Crippen LogP contribution is -2.58. The fraction of sp³-hybridized carbons (Fsp3) is 0.975. The van der Waals surface area contributed by atoms with Gasteiger partial charge in [-0.2, -0.15) is 8.42 Å². The van der Waals surface area contributed by atoms with Gasteiger partial charge in [0, 0.05) is 19.6 Å². The van der Waals surface area contributed by atoms with Crippen molar-refractivity contribution in [3.8, 4) is 0 Å². The lowest BCUT2D eigenvalue weighted by Gasteiger charge is -2.62. The molecule has 0 aromatic carbocycles. The summed E-state index contributed by atoms with van der Waals surface area (Å²) >= 11 is 0. The van der Waals surface area contributed by atoms with Crippen LogP contribution in [0.1, 0.15) is 131 Å². The van der Waals surface area contributed by atoms with Crippen molar-refractivity contribution in [2.24, 2.45) is 63.2 Å². The highest BCUT2D eigenvalue weighted by atomic mass is 32.3. The van der Waals surface area contributed by atoms with Gasteiger partial charge >= 0.3 is 10.4 Å². The SMILES string of the molecule is CC(C)[C@@H](CC[C@@H](C)[C@H]1CCC2C3C(CC[C@@]21C)[C@@]1(C)CC[C@H](C)C[C@@H]1C[C@H]3O)OS(=O)(=O)O.CNCCCNCCCCN1C=NCCC1. The molecule has 10 heteroatoms. The third-order valence-electron chi connectivity index (χ3n) is 14.4. The molecule has 1 heterocycles. The number of unbranched alkanes of at least 4 members (excludes halogenated alkanes) is 1. The lowest BCUT2D eigenvalue weighted by molar-refractivity contribution is -0.168. The van der Waals surface area contributed by atoms with E-state index in [1.807, 2.05) is 27.2 Å². The zero-order valence-corrected chi connectivity index (χ0v) is 33.7. The second kappa shape index (κ2) is 19.0. The number of aliphatic imine (C=N–C) groups is 1. The summed E-state index contributed by atoms with van der Waals surface area (Å²) in [6.45, 7) is 20.4. The molecule has 0 bridgehead atoms. The molecule has 9 nitrogen and oxygen atoms in total. The number of nitrogens with one attached hydrogen (secondary N) is 2. The minimum atomic E-state index is -4.43. The van der Waals surface area contributed by atoms with Crippen molar-refractivity contribution in [2.45, 2.75) is 144 Å². The van der Waals surface area contributed by atoms with Crippen LogP contribution in [0.3, 0.4) is 0 Å². The molecule has 4 saturated carbocycles. The number of aliphatic hydroxyl groups excluding tert-OH is 1.